The number of rotatable bonds is 8. The first-order valence-electron chi connectivity index (χ1n) is 12.6. The molecule has 2 amide bonds. The third kappa shape index (κ3) is 5.26. The number of aromatic carboxylic acids is 2. The van der Waals surface area contributed by atoms with Crippen LogP contribution in [0.4, 0.5) is 11.4 Å². The predicted molar refractivity (Wildman–Crippen MR) is 158 cm³/mol. The standard InChI is InChI=1S/C33H24N2O6/c1-3-18-6-10-27(32(38)39)28(13-18)31(37)35-23-8-12-25-21(17-23)15-20-16-22(7-11-24(20)25)34-30(36)26-9-5-19(4-2)14-29(26)33(40)41/h3-14,16-17H,1-2,15H2,(H,34,36)(H,35,37)(H,38,39)(H,40,41). The molecule has 1 aliphatic carbocycles. The normalized spacial score (nSPS) is 11.1. The summed E-state index contributed by atoms with van der Waals surface area (Å²) in [5.74, 6) is -3.50. The maximum absolute atomic E-state index is 13.0. The third-order valence-electron chi connectivity index (χ3n) is 6.91. The van der Waals surface area contributed by atoms with Crippen LogP contribution in [0, 0.1) is 0 Å². The Morgan fingerprint density at radius 1 is 0.585 bits per heavy atom. The van der Waals surface area contributed by atoms with Crippen molar-refractivity contribution in [2.45, 2.75) is 6.42 Å². The largest absolute Gasteiger partial charge is 0.478 e. The quantitative estimate of drug-likeness (QED) is 0.178. The molecule has 1 aliphatic rings. The van der Waals surface area contributed by atoms with Crippen LogP contribution in [-0.2, 0) is 6.42 Å². The molecule has 5 rings (SSSR count). The average Bonchev–Trinajstić information content (AvgIpc) is 3.33. The number of carboxylic acids is 2. The first kappa shape index (κ1) is 26.8. The molecule has 4 aromatic carbocycles. The van der Waals surface area contributed by atoms with Crippen molar-refractivity contribution < 1.29 is 29.4 Å². The van der Waals surface area contributed by atoms with Crippen LogP contribution in [-0.4, -0.2) is 34.0 Å². The Labute approximate surface area is 235 Å². The van der Waals surface area contributed by atoms with Crippen molar-refractivity contribution >= 4 is 47.3 Å². The number of carbonyl (C=O) groups excluding carboxylic acids is 2. The molecule has 4 N–H and O–H groups in total. The van der Waals surface area contributed by atoms with Gasteiger partial charge in [0.05, 0.1) is 22.3 Å². The molecule has 0 fully saturated rings. The fraction of sp³-hybridized carbons (Fsp3) is 0.0303. The van der Waals surface area contributed by atoms with Gasteiger partial charge in [0.2, 0.25) is 0 Å². The number of fused-ring (bicyclic) bond motifs is 3. The molecule has 0 heterocycles. The molecule has 0 saturated heterocycles. The molecule has 41 heavy (non-hydrogen) atoms. The predicted octanol–water partition coefficient (Wildman–Crippen LogP) is 6.44. The first-order valence-corrected chi connectivity index (χ1v) is 12.6. The average molecular weight is 545 g/mol. The van der Waals surface area contributed by atoms with Gasteiger partial charge in [-0.05, 0) is 88.3 Å². The summed E-state index contributed by atoms with van der Waals surface area (Å²) in [5, 5.41) is 24.6. The summed E-state index contributed by atoms with van der Waals surface area (Å²) >= 11 is 0. The summed E-state index contributed by atoms with van der Waals surface area (Å²) < 4.78 is 0. The molecule has 0 aliphatic heterocycles. The summed E-state index contributed by atoms with van der Waals surface area (Å²) in [4.78, 5) is 49.3. The molecule has 8 heteroatoms. The molecule has 202 valence electrons. The SMILES string of the molecule is C=Cc1ccc(C(=O)Nc2ccc3c(c2)Cc2cc(NC(=O)c4cc(C=C)ccc4C(=O)O)ccc2-3)c(C(=O)O)c1. The van der Waals surface area contributed by atoms with Crippen LogP contribution >= 0.6 is 0 Å². The van der Waals surface area contributed by atoms with Gasteiger partial charge in [-0.1, -0.05) is 49.6 Å². The first-order chi connectivity index (χ1) is 19.7. The lowest BCUT2D eigenvalue weighted by atomic mass is 10.0. The number of nitrogens with one attached hydrogen (secondary N) is 2. The highest BCUT2D eigenvalue weighted by Gasteiger charge is 2.22. The zero-order valence-electron chi connectivity index (χ0n) is 21.7. The van der Waals surface area contributed by atoms with E-state index in [0.717, 1.165) is 22.3 Å². The second kappa shape index (κ2) is 10.8. The number of benzene rings is 4. The molecule has 0 unspecified atom stereocenters. The highest BCUT2D eigenvalue weighted by Crippen LogP contribution is 2.39. The minimum atomic E-state index is -1.21. The number of hydrogen-bond acceptors (Lipinski definition) is 4. The van der Waals surface area contributed by atoms with Gasteiger partial charge in [-0.25, -0.2) is 9.59 Å². The van der Waals surface area contributed by atoms with Crippen molar-refractivity contribution in [2.75, 3.05) is 10.6 Å². The fourth-order valence-corrected chi connectivity index (χ4v) is 4.89. The summed E-state index contributed by atoms with van der Waals surface area (Å²) in [5.41, 5.74) is 5.95. The minimum absolute atomic E-state index is 0.0317. The molecule has 0 bridgehead atoms. The van der Waals surface area contributed by atoms with E-state index in [1.54, 1.807) is 24.3 Å². The highest BCUT2D eigenvalue weighted by molar-refractivity contribution is 6.12. The zero-order chi connectivity index (χ0) is 29.3. The van der Waals surface area contributed by atoms with E-state index in [9.17, 15) is 29.4 Å². The van der Waals surface area contributed by atoms with Crippen molar-refractivity contribution in [3.05, 3.63) is 130 Å². The van der Waals surface area contributed by atoms with Crippen LogP contribution in [0.1, 0.15) is 63.7 Å². The van der Waals surface area contributed by atoms with Crippen LogP contribution in [0.2, 0.25) is 0 Å². The van der Waals surface area contributed by atoms with Crippen molar-refractivity contribution in [3.63, 3.8) is 0 Å². The summed E-state index contributed by atoms with van der Waals surface area (Å²) in [6.07, 6.45) is 3.59. The Morgan fingerprint density at radius 2 is 1.05 bits per heavy atom. The molecule has 0 spiro atoms. The molecular formula is C33H24N2O6. The maximum Gasteiger partial charge on any atom is 0.336 e. The lowest BCUT2D eigenvalue weighted by Gasteiger charge is -2.11. The number of carbonyl (C=O) groups is 4. The van der Waals surface area contributed by atoms with E-state index in [-0.39, 0.29) is 22.3 Å². The van der Waals surface area contributed by atoms with Gasteiger partial charge in [0.25, 0.3) is 11.8 Å². The summed E-state index contributed by atoms with van der Waals surface area (Å²) in [6.45, 7) is 7.31. The van der Waals surface area contributed by atoms with Crippen molar-refractivity contribution in [3.8, 4) is 11.1 Å². The van der Waals surface area contributed by atoms with Gasteiger partial charge in [0.1, 0.15) is 0 Å². The van der Waals surface area contributed by atoms with Crippen LogP contribution in [0.25, 0.3) is 23.3 Å². The maximum atomic E-state index is 13.0. The number of carboxylic acid groups (broad SMARTS) is 2. The molecule has 0 saturated carbocycles. The van der Waals surface area contributed by atoms with Crippen LogP contribution in [0.5, 0.6) is 0 Å². The minimum Gasteiger partial charge on any atom is -0.478 e. The van der Waals surface area contributed by atoms with Crippen LogP contribution in [0.3, 0.4) is 0 Å². The Kier molecular flexibility index (Phi) is 7.05. The monoisotopic (exact) mass is 544 g/mol. The van der Waals surface area contributed by atoms with E-state index < -0.39 is 23.8 Å². The van der Waals surface area contributed by atoms with E-state index in [1.165, 1.54) is 36.4 Å². The van der Waals surface area contributed by atoms with E-state index in [4.69, 9.17) is 0 Å². The van der Waals surface area contributed by atoms with Gasteiger partial charge in [0, 0.05) is 11.4 Å². The lowest BCUT2D eigenvalue weighted by molar-refractivity contribution is 0.0683. The number of hydrogen-bond donors (Lipinski definition) is 4. The second-order valence-electron chi connectivity index (χ2n) is 9.46. The van der Waals surface area contributed by atoms with E-state index in [2.05, 4.69) is 23.8 Å². The molecule has 0 atom stereocenters. The molecule has 0 aromatic heterocycles. The number of anilines is 2. The number of amides is 2. The van der Waals surface area contributed by atoms with Gasteiger partial charge in [0.15, 0.2) is 0 Å². The van der Waals surface area contributed by atoms with Crippen molar-refractivity contribution in [1.29, 1.82) is 0 Å². The van der Waals surface area contributed by atoms with E-state index >= 15 is 0 Å². The van der Waals surface area contributed by atoms with Crippen LogP contribution < -0.4 is 10.6 Å². The van der Waals surface area contributed by atoms with Crippen molar-refractivity contribution in [2.24, 2.45) is 0 Å². The van der Waals surface area contributed by atoms with Gasteiger partial charge >= 0.3 is 11.9 Å². The summed E-state index contributed by atoms with van der Waals surface area (Å²) in [6, 6.07) is 19.9. The van der Waals surface area contributed by atoms with Gasteiger partial charge < -0.3 is 20.8 Å². The zero-order valence-corrected chi connectivity index (χ0v) is 21.7. The Morgan fingerprint density at radius 3 is 1.54 bits per heavy atom. The topological polar surface area (TPSA) is 133 Å². The van der Waals surface area contributed by atoms with Gasteiger partial charge in [-0.15, -0.1) is 0 Å². The molecular weight excluding hydrogens is 520 g/mol. The molecule has 8 nitrogen and oxygen atoms in total. The Bertz CT molecular complexity index is 1800. The molecule has 4 aromatic rings. The fourth-order valence-electron chi connectivity index (χ4n) is 4.89. The molecule has 0 radical (unpaired) electrons. The Hall–Kier alpha value is -5.76. The smallest absolute Gasteiger partial charge is 0.336 e. The third-order valence-corrected chi connectivity index (χ3v) is 6.91. The van der Waals surface area contributed by atoms with E-state index in [1.807, 2.05) is 24.3 Å². The lowest BCUT2D eigenvalue weighted by Crippen LogP contribution is -2.16. The van der Waals surface area contributed by atoms with E-state index in [0.29, 0.717) is 28.9 Å². The van der Waals surface area contributed by atoms with Gasteiger partial charge in [-0.2, -0.15) is 0 Å². The van der Waals surface area contributed by atoms with Crippen LogP contribution in [0.15, 0.2) is 86.0 Å². The van der Waals surface area contributed by atoms with Gasteiger partial charge in [-0.3, -0.25) is 9.59 Å². The second-order valence-corrected chi connectivity index (χ2v) is 9.46. The summed E-state index contributed by atoms with van der Waals surface area (Å²) in [7, 11) is 0. The highest BCUT2D eigenvalue weighted by atomic mass is 16.4. The Balaban J connectivity index is 1.35. The van der Waals surface area contributed by atoms with Crippen molar-refractivity contribution in [1.82, 2.24) is 0 Å².